The third-order valence-corrected chi connectivity index (χ3v) is 4.76. The molecule has 0 spiro atoms. The molecule has 5 nitrogen and oxygen atoms in total. The first-order valence-corrected chi connectivity index (χ1v) is 8.89. The van der Waals surface area contributed by atoms with Crippen LogP contribution in [-0.4, -0.2) is 28.5 Å². The number of imidazole rings is 1. The maximum Gasteiger partial charge on any atom is 0.228 e. The first-order chi connectivity index (χ1) is 12.7. The van der Waals surface area contributed by atoms with E-state index in [4.69, 9.17) is 0 Å². The number of rotatable bonds is 4. The molecule has 26 heavy (non-hydrogen) atoms. The fourth-order valence-corrected chi connectivity index (χ4v) is 3.33. The number of anilines is 1. The van der Waals surface area contributed by atoms with Gasteiger partial charge in [0.15, 0.2) is 0 Å². The molecule has 0 radical (unpaired) electrons. The molecule has 3 aromatic rings. The summed E-state index contributed by atoms with van der Waals surface area (Å²) in [6.07, 6.45) is 5.39. The average molecular weight is 346 g/mol. The third kappa shape index (κ3) is 3.53. The molecule has 5 heteroatoms. The van der Waals surface area contributed by atoms with Crippen LogP contribution in [0.2, 0.25) is 0 Å². The summed E-state index contributed by atoms with van der Waals surface area (Å²) >= 11 is 0. The zero-order valence-corrected chi connectivity index (χ0v) is 14.8. The van der Waals surface area contributed by atoms with Crippen LogP contribution in [-0.2, 0) is 18.3 Å². The van der Waals surface area contributed by atoms with Gasteiger partial charge in [0.1, 0.15) is 0 Å². The van der Waals surface area contributed by atoms with E-state index in [1.165, 1.54) is 11.1 Å². The maximum absolute atomic E-state index is 12.4. The van der Waals surface area contributed by atoms with E-state index in [9.17, 15) is 4.79 Å². The average Bonchev–Trinajstić information content (AvgIpc) is 3.03. The first-order valence-electron chi connectivity index (χ1n) is 8.89. The summed E-state index contributed by atoms with van der Waals surface area (Å²) in [5.74, 6) is -0.0193. The van der Waals surface area contributed by atoms with Gasteiger partial charge in [-0.15, -0.1) is 0 Å². The molecule has 2 heterocycles. The quantitative estimate of drug-likeness (QED) is 0.763. The predicted molar refractivity (Wildman–Crippen MR) is 105 cm³/mol. The van der Waals surface area contributed by atoms with Crippen molar-refractivity contribution < 1.29 is 4.79 Å². The molecule has 4 rings (SSSR count). The molecular formula is C21H22N4O. The molecule has 0 aliphatic carbocycles. The van der Waals surface area contributed by atoms with Gasteiger partial charge in [0, 0.05) is 19.3 Å². The standard InChI is InChI=1S/C21H22N4O/c1-25-14-23-19-12-15(2-7-20(19)25)13-21(26)24-18-5-3-16(4-6-18)17-8-10-22-11-9-17/h2-8,12,14,22H,9-11,13H2,1H3,(H,24,26). The van der Waals surface area contributed by atoms with Crippen molar-refractivity contribution in [3.8, 4) is 0 Å². The van der Waals surface area contributed by atoms with Crippen molar-refractivity contribution in [2.24, 2.45) is 7.05 Å². The van der Waals surface area contributed by atoms with E-state index < -0.39 is 0 Å². The molecule has 2 N–H and O–H groups in total. The zero-order chi connectivity index (χ0) is 17.9. The normalized spacial score (nSPS) is 14.3. The summed E-state index contributed by atoms with van der Waals surface area (Å²) in [7, 11) is 1.96. The molecular weight excluding hydrogens is 324 g/mol. The van der Waals surface area contributed by atoms with Crippen molar-refractivity contribution in [3.63, 3.8) is 0 Å². The number of hydrogen-bond donors (Lipinski definition) is 2. The highest BCUT2D eigenvalue weighted by Crippen LogP contribution is 2.21. The van der Waals surface area contributed by atoms with Crippen molar-refractivity contribution in [1.29, 1.82) is 0 Å². The Balaban J connectivity index is 1.41. The Morgan fingerprint density at radius 2 is 2.08 bits per heavy atom. The van der Waals surface area contributed by atoms with Crippen LogP contribution in [0.3, 0.4) is 0 Å². The van der Waals surface area contributed by atoms with Crippen LogP contribution < -0.4 is 10.6 Å². The van der Waals surface area contributed by atoms with Crippen LogP contribution in [0.1, 0.15) is 17.5 Å². The van der Waals surface area contributed by atoms with Crippen molar-refractivity contribution in [2.45, 2.75) is 12.8 Å². The lowest BCUT2D eigenvalue weighted by molar-refractivity contribution is -0.115. The highest BCUT2D eigenvalue weighted by Gasteiger charge is 2.08. The van der Waals surface area contributed by atoms with Crippen molar-refractivity contribution in [2.75, 3.05) is 18.4 Å². The van der Waals surface area contributed by atoms with Crippen LogP contribution in [0.5, 0.6) is 0 Å². The van der Waals surface area contributed by atoms with Gasteiger partial charge < -0.3 is 15.2 Å². The van der Waals surface area contributed by atoms with Gasteiger partial charge in [-0.1, -0.05) is 24.3 Å². The van der Waals surface area contributed by atoms with E-state index in [-0.39, 0.29) is 5.91 Å². The van der Waals surface area contributed by atoms with Crippen LogP contribution in [0.25, 0.3) is 16.6 Å². The first kappa shape index (κ1) is 16.5. The van der Waals surface area contributed by atoms with Gasteiger partial charge >= 0.3 is 0 Å². The minimum atomic E-state index is -0.0193. The second-order valence-electron chi connectivity index (χ2n) is 6.66. The smallest absolute Gasteiger partial charge is 0.228 e. The van der Waals surface area contributed by atoms with Crippen LogP contribution >= 0.6 is 0 Å². The maximum atomic E-state index is 12.4. The van der Waals surface area contributed by atoms with Crippen molar-refractivity contribution in [3.05, 3.63) is 66.0 Å². The summed E-state index contributed by atoms with van der Waals surface area (Å²) in [4.78, 5) is 16.7. The number of nitrogens with one attached hydrogen (secondary N) is 2. The number of aryl methyl sites for hydroxylation is 1. The molecule has 0 fully saturated rings. The minimum absolute atomic E-state index is 0.0193. The van der Waals surface area contributed by atoms with Gasteiger partial charge in [0.05, 0.1) is 23.8 Å². The zero-order valence-electron chi connectivity index (χ0n) is 14.8. The van der Waals surface area contributed by atoms with Gasteiger partial charge in [-0.3, -0.25) is 4.79 Å². The van der Waals surface area contributed by atoms with E-state index in [1.54, 1.807) is 6.33 Å². The Labute approximate surface area is 152 Å². The molecule has 1 aliphatic heterocycles. The van der Waals surface area contributed by atoms with Crippen LogP contribution in [0.4, 0.5) is 5.69 Å². The number of hydrogen-bond acceptors (Lipinski definition) is 3. The highest BCUT2D eigenvalue weighted by molar-refractivity contribution is 5.93. The molecule has 1 aromatic heterocycles. The second kappa shape index (κ2) is 7.14. The number of benzene rings is 2. The topological polar surface area (TPSA) is 59.0 Å². The number of carbonyl (C=O) groups is 1. The molecule has 2 aromatic carbocycles. The van der Waals surface area contributed by atoms with Gasteiger partial charge in [-0.05, 0) is 53.9 Å². The predicted octanol–water partition coefficient (Wildman–Crippen LogP) is 3.13. The van der Waals surface area contributed by atoms with Gasteiger partial charge in [-0.25, -0.2) is 4.98 Å². The van der Waals surface area contributed by atoms with Crippen molar-refractivity contribution >= 4 is 28.2 Å². The summed E-state index contributed by atoms with van der Waals surface area (Å²) in [5.41, 5.74) is 6.36. The summed E-state index contributed by atoms with van der Waals surface area (Å²) in [5, 5.41) is 6.30. The van der Waals surface area contributed by atoms with E-state index in [1.807, 2.05) is 41.9 Å². The number of aromatic nitrogens is 2. The van der Waals surface area contributed by atoms with Gasteiger partial charge in [0.2, 0.25) is 5.91 Å². The van der Waals surface area contributed by atoms with Crippen LogP contribution in [0.15, 0.2) is 54.9 Å². The summed E-state index contributed by atoms with van der Waals surface area (Å²) in [6, 6.07) is 14.1. The van der Waals surface area contributed by atoms with E-state index in [2.05, 4.69) is 33.8 Å². The Morgan fingerprint density at radius 3 is 2.85 bits per heavy atom. The third-order valence-electron chi connectivity index (χ3n) is 4.76. The molecule has 132 valence electrons. The number of fused-ring (bicyclic) bond motifs is 1. The summed E-state index contributed by atoms with van der Waals surface area (Å²) < 4.78 is 1.97. The van der Waals surface area contributed by atoms with Crippen molar-refractivity contribution in [1.82, 2.24) is 14.9 Å². The molecule has 0 atom stereocenters. The van der Waals surface area contributed by atoms with Crippen LogP contribution in [0, 0.1) is 0 Å². The molecule has 0 saturated heterocycles. The lowest BCUT2D eigenvalue weighted by Crippen LogP contribution is -2.20. The number of carbonyl (C=O) groups excluding carboxylic acids is 1. The Morgan fingerprint density at radius 1 is 1.23 bits per heavy atom. The Hall–Kier alpha value is -2.92. The van der Waals surface area contributed by atoms with E-state index >= 15 is 0 Å². The SMILES string of the molecule is Cn1cnc2cc(CC(=O)Nc3ccc(C4=CCNCC4)cc3)ccc21. The minimum Gasteiger partial charge on any atom is -0.334 e. The Kier molecular flexibility index (Phi) is 4.54. The molecule has 0 unspecified atom stereocenters. The fourth-order valence-electron chi connectivity index (χ4n) is 3.33. The summed E-state index contributed by atoms with van der Waals surface area (Å²) in [6.45, 7) is 1.94. The molecule has 0 bridgehead atoms. The Bertz CT molecular complexity index is 969. The monoisotopic (exact) mass is 346 g/mol. The molecule has 1 amide bonds. The molecule has 1 aliphatic rings. The largest absolute Gasteiger partial charge is 0.334 e. The van der Waals surface area contributed by atoms with Gasteiger partial charge in [-0.2, -0.15) is 0 Å². The lowest BCUT2D eigenvalue weighted by Gasteiger charge is -2.14. The van der Waals surface area contributed by atoms with E-state index in [0.29, 0.717) is 6.42 Å². The lowest BCUT2D eigenvalue weighted by atomic mass is 10.00. The molecule has 0 saturated carbocycles. The fraction of sp³-hybridized carbons (Fsp3) is 0.238. The van der Waals surface area contributed by atoms with Gasteiger partial charge in [0.25, 0.3) is 0 Å². The number of amides is 1. The van der Waals surface area contributed by atoms with E-state index in [0.717, 1.165) is 41.8 Å². The highest BCUT2D eigenvalue weighted by atomic mass is 16.1. The number of nitrogens with zero attached hydrogens (tertiary/aromatic N) is 2. The second-order valence-corrected chi connectivity index (χ2v) is 6.66.